The standard InChI is InChI=1S/C24H26N2O3S2/c1-15-11-9-10-14-18(15)20(25-22(28)29-24(3,4)5)26-21(27)19(31-23(26)30)16(2)17-12-7-6-8-13-17/h6-14,20H,1-5H3,(H,25,28)/b19-16-. The summed E-state index contributed by atoms with van der Waals surface area (Å²) in [6.45, 7) is 9.22. The molecule has 1 aliphatic rings. The highest BCUT2D eigenvalue weighted by molar-refractivity contribution is 8.26. The van der Waals surface area contributed by atoms with Crippen molar-refractivity contribution in [3.63, 3.8) is 0 Å². The molecule has 2 amide bonds. The van der Waals surface area contributed by atoms with Crippen LogP contribution >= 0.6 is 24.0 Å². The van der Waals surface area contributed by atoms with Crippen LogP contribution in [0.2, 0.25) is 0 Å². The average Bonchev–Trinajstić information content (AvgIpc) is 2.99. The number of hydrogen-bond acceptors (Lipinski definition) is 5. The molecule has 5 nitrogen and oxygen atoms in total. The SMILES string of the molecule is C/C(=C1/SC(=S)N(C(NC(=O)OC(C)(C)C)c2ccccc2C)C1=O)c1ccccc1. The summed E-state index contributed by atoms with van der Waals surface area (Å²) in [5.41, 5.74) is 2.85. The van der Waals surface area contributed by atoms with Crippen LogP contribution in [0.5, 0.6) is 0 Å². The van der Waals surface area contributed by atoms with Gasteiger partial charge in [0.25, 0.3) is 5.91 Å². The smallest absolute Gasteiger partial charge is 0.409 e. The van der Waals surface area contributed by atoms with E-state index in [1.54, 1.807) is 20.8 Å². The Morgan fingerprint density at radius 1 is 1.10 bits per heavy atom. The van der Waals surface area contributed by atoms with Gasteiger partial charge in [-0.1, -0.05) is 78.6 Å². The molecule has 1 heterocycles. The summed E-state index contributed by atoms with van der Waals surface area (Å²) in [5.74, 6) is -0.235. The molecule has 3 rings (SSSR count). The number of carbonyl (C=O) groups is 2. The molecule has 0 aliphatic carbocycles. The maximum Gasteiger partial charge on any atom is 0.409 e. The number of aryl methyl sites for hydroxylation is 1. The molecule has 0 radical (unpaired) electrons. The first-order chi connectivity index (χ1) is 14.6. The summed E-state index contributed by atoms with van der Waals surface area (Å²) < 4.78 is 5.84. The number of allylic oxidation sites excluding steroid dienone is 1. The van der Waals surface area contributed by atoms with Crippen LogP contribution in [-0.4, -0.2) is 26.8 Å². The minimum atomic E-state index is -0.773. The Balaban J connectivity index is 2.01. The number of benzene rings is 2. The van der Waals surface area contributed by atoms with Gasteiger partial charge in [-0.05, 0) is 56.9 Å². The fourth-order valence-electron chi connectivity index (χ4n) is 3.25. The molecule has 1 unspecified atom stereocenters. The van der Waals surface area contributed by atoms with E-state index >= 15 is 0 Å². The van der Waals surface area contributed by atoms with Crippen LogP contribution in [0.15, 0.2) is 59.5 Å². The summed E-state index contributed by atoms with van der Waals surface area (Å²) in [6.07, 6.45) is -1.39. The third-order valence-electron chi connectivity index (χ3n) is 4.74. The Morgan fingerprint density at radius 3 is 2.32 bits per heavy atom. The molecule has 1 saturated heterocycles. The fraction of sp³-hybridized carbons (Fsp3) is 0.292. The lowest BCUT2D eigenvalue weighted by molar-refractivity contribution is -0.124. The quantitative estimate of drug-likeness (QED) is 0.467. The zero-order valence-corrected chi connectivity index (χ0v) is 19.9. The number of nitrogens with one attached hydrogen (secondary N) is 1. The van der Waals surface area contributed by atoms with Crippen molar-refractivity contribution in [2.75, 3.05) is 0 Å². The van der Waals surface area contributed by atoms with Crippen molar-refractivity contribution in [3.05, 3.63) is 76.2 Å². The first kappa shape index (κ1) is 23.0. The van der Waals surface area contributed by atoms with Crippen LogP contribution in [0.3, 0.4) is 0 Å². The van der Waals surface area contributed by atoms with E-state index in [9.17, 15) is 9.59 Å². The highest BCUT2D eigenvalue weighted by Crippen LogP contribution is 2.40. The Morgan fingerprint density at radius 2 is 1.71 bits per heavy atom. The Hall–Kier alpha value is -2.64. The molecule has 2 aromatic carbocycles. The van der Waals surface area contributed by atoms with E-state index in [-0.39, 0.29) is 5.91 Å². The molecule has 1 N–H and O–H groups in total. The minimum absolute atomic E-state index is 0.235. The van der Waals surface area contributed by atoms with Gasteiger partial charge in [-0.3, -0.25) is 15.0 Å². The lowest BCUT2D eigenvalue weighted by Crippen LogP contribution is -2.45. The van der Waals surface area contributed by atoms with E-state index in [0.29, 0.717) is 9.23 Å². The Kier molecular flexibility index (Phi) is 6.86. The monoisotopic (exact) mass is 454 g/mol. The van der Waals surface area contributed by atoms with Gasteiger partial charge in [0.1, 0.15) is 16.1 Å². The maximum atomic E-state index is 13.5. The highest BCUT2D eigenvalue weighted by Gasteiger charge is 2.40. The first-order valence-corrected chi connectivity index (χ1v) is 11.2. The molecule has 7 heteroatoms. The van der Waals surface area contributed by atoms with Gasteiger partial charge in [0.2, 0.25) is 0 Å². The number of carbonyl (C=O) groups excluding carboxylic acids is 2. The molecular weight excluding hydrogens is 428 g/mol. The summed E-state index contributed by atoms with van der Waals surface area (Å²) in [7, 11) is 0. The van der Waals surface area contributed by atoms with Gasteiger partial charge in [-0.15, -0.1) is 0 Å². The zero-order chi connectivity index (χ0) is 22.8. The number of thiocarbonyl (C=S) groups is 1. The van der Waals surface area contributed by atoms with Gasteiger partial charge in [0.05, 0.1) is 4.91 Å². The lowest BCUT2D eigenvalue weighted by Gasteiger charge is -2.30. The van der Waals surface area contributed by atoms with Gasteiger partial charge in [0.15, 0.2) is 0 Å². The molecule has 0 spiro atoms. The molecule has 1 fully saturated rings. The van der Waals surface area contributed by atoms with Crippen LogP contribution in [0.4, 0.5) is 4.79 Å². The van der Waals surface area contributed by atoms with Gasteiger partial charge in [0, 0.05) is 0 Å². The molecule has 0 saturated carbocycles. The van der Waals surface area contributed by atoms with Gasteiger partial charge >= 0.3 is 6.09 Å². The largest absolute Gasteiger partial charge is 0.444 e. The average molecular weight is 455 g/mol. The van der Waals surface area contributed by atoms with E-state index in [2.05, 4.69) is 5.32 Å². The van der Waals surface area contributed by atoms with Crippen LogP contribution in [0.25, 0.3) is 5.57 Å². The van der Waals surface area contributed by atoms with Gasteiger partial charge in [-0.2, -0.15) is 0 Å². The molecule has 0 aromatic heterocycles. The van der Waals surface area contributed by atoms with Crippen molar-refractivity contribution in [2.24, 2.45) is 0 Å². The van der Waals surface area contributed by atoms with Crippen molar-refractivity contribution in [1.29, 1.82) is 0 Å². The summed E-state index contributed by atoms with van der Waals surface area (Å²) >= 11 is 6.84. The third-order valence-corrected chi connectivity index (χ3v) is 6.24. The third kappa shape index (κ3) is 5.35. The number of rotatable bonds is 4. The van der Waals surface area contributed by atoms with Crippen LogP contribution in [0, 0.1) is 6.92 Å². The van der Waals surface area contributed by atoms with Crippen molar-refractivity contribution in [3.8, 4) is 0 Å². The van der Waals surface area contributed by atoms with Crippen molar-refractivity contribution >= 4 is 45.9 Å². The fourth-order valence-corrected chi connectivity index (χ4v) is 4.60. The maximum absolute atomic E-state index is 13.5. The zero-order valence-electron chi connectivity index (χ0n) is 18.3. The van der Waals surface area contributed by atoms with Crippen LogP contribution < -0.4 is 5.32 Å². The van der Waals surface area contributed by atoms with E-state index in [1.165, 1.54) is 16.7 Å². The number of ether oxygens (including phenoxy) is 1. The summed E-state index contributed by atoms with van der Waals surface area (Å²) in [5, 5.41) is 2.85. The second-order valence-corrected chi connectivity index (χ2v) is 9.91. The minimum Gasteiger partial charge on any atom is -0.444 e. The van der Waals surface area contributed by atoms with E-state index in [0.717, 1.165) is 22.3 Å². The number of thioether (sulfide) groups is 1. The Bertz CT molecular complexity index is 1040. The molecule has 31 heavy (non-hydrogen) atoms. The second-order valence-electron chi connectivity index (χ2n) is 8.27. The molecule has 2 aromatic rings. The molecule has 1 aliphatic heterocycles. The normalized spacial score (nSPS) is 16.9. The van der Waals surface area contributed by atoms with Gasteiger partial charge < -0.3 is 4.74 Å². The highest BCUT2D eigenvalue weighted by atomic mass is 32.2. The van der Waals surface area contributed by atoms with E-state index in [1.807, 2.05) is 68.4 Å². The predicted molar refractivity (Wildman–Crippen MR) is 129 cm³/mol. The summed E-state index contributed by atoms with van der Waals surface area (Å²) in [4.78, 5) is 28.1. The number of amides is 2. The van der Waals surface area contributed by atoms with Crippen molar-refractivity contribution in [1.82, 2.24) is 10.2 Å². The van der Waals surface area contributed by atoms with Crippen molar-refractivity contribution in [2.45, 2.75) is 46.4 Å². The summed E-state index contributed by atoms with van der Waals surface area (Å²) in [6, 6.07) is 17.3. The van der Waals surface area contributed by atoms with Gasteiger partial charge in [-0.25, -0.2) is 4.79 Å². The number of nitrogens with zero attached hydrogens (tertiary/aromatic N) is 1. The second kappa shape index (κ2) is 9.24. The van der Waals surface area contributed by atoms with Crippen LogP contribution in [0.1, 0.15) is 50.6 Å². The van der Waals surface area contributed by atoms with E-state index in [4.69, 9.17) is 17.0 Å². The van der Waals surface area contributed by atoms with Crippen LogP contribution in [-0.2, 0) is 9.53 Å². The first-order valence-electron chi connectivity index (χ1n) is 9.95. The topological polar surface area (TPSA) is 58.6 Å². The molecule has 0 bridgehead atoms. The number of alkyl carbamates (subject to hydrolysis) is 1. The van der Waals surface area contributed by atoms with E-state index < -0.39 is 17.9 Å². The molecular formula is C24H26N2O3S2. The molecule has 162 valence electrons. The molecule has 1 atom stereocenters. The number of hydrogen-bond donors (Lipinski definition) is 1. The predicted octanol–water partition coefficient (Wildman–Crippen LogP) is 5.81. The van der Waals surface area contributed by atoms with Crippen molar-refractivity contribution < 1.29 is 14.3 Å². The Labute approximate surface area is 192 Å². The lowest BCUT2D eigenvalue weighted by atomic mass is 10.0.